The summed E-state index contributed by atoms with van der Waals surface area (Å²) in [6.45, 7) is 1.54. The highest BCUT2D eigenvalue weighted by Gasteiger charge is 2.16. The van der Waals surface area contributed by atoms with E-state index < -0.39 is 5.97 Å². The van der Waals surface area contributed by atoms with Gasteiger partial charge in [-0.3, -0.25) is 14.4 Å². The van der Waals surface area contributed by atoms with Gasteiger partial charge < -0.3 is 10.1 Å². The van der Waals surface area contributed by atoms with E-state index in [4.69, 9.17) is 4.74 Å². The normalized spacial score (nSPS) is 13.7. The van der Waals surface area contributed by atoms with E-state index in [1.165, 1.54) is 11.1 Å². The summed E-state index contributed by atoms with van der Waals surface area (Å²) in [5.41, 5.74) is 3.19. The number of Topliss-reactive ketones (excluding diaryl/α,β-unsaturated/α-hetero) is 1. The lowest BCUT2D eigenvalue weighted by molar-refractivity contribution is -0.148. The molecule has 5 nitrogen and oxygen atoms in total. The van der Waals surface area contributed by atoms with Crippen molar-refractivity contribution < 1.29 is 19.1 Å². The summed E-state index contributed by atoms with van der Waals surface area (Å²) in [6.07, 6.45) is 3.28. The molecule has 0 bridgehead atoms. The molecule has 1 aliphatic carbocycles. The fourth-order valence-corrected chi connectivity index (χ4v) is 3.95. The summed E-state index contributed by atoms with van der Waals surface area (Å²) in [5.74, 6) is -0.963. The predicted octanol–water partition coefficient (Wildman–Crippen LogP) is 3.62. The van der Waals surface area contributed by atoms with Crippen LogP contribution in [0.5, 0.6) is 0 Å². The summed E-state index contributed by atoms with van der Waals surface area (Å²) in [6, 6.07) is 9.50. The number of thiophene rings is 1. The average molecular weight is 385 g/mol. The number of carbonyl (C=O) groups is 3. The number of hydrogen-bond donors (Lipinski definition) is 1. The first-order chi connectivity index (χ1) is 13.0. The first-order valence-corrected chi connectivity index (χ1v) is 10.0. The highest BCUT2D eigenvalue weighted by Crippen LogP contribution is 2.23. The Kier molecular flexibility index (Phi) is 6.40. The lowest BCUT2D eigenvalue weighted by atomic mass is 10.0. The summed E-state index contributed by atoms with van der Waals surface area (Å²) < 4.78 is 4.98. The minimum absolute atomic E-state index is 0.0241. The van der Waals surface area contributed by atoms with E-state index in [-0.39, 0.29) is 37.2 Å². The Labute approximate surface area is 162 Å². The van der Waals surface area contributed by atoms with E-state index in [0.29, 0.717) is 5.56 Å². The van der Waals surface area contributed by atoms with Crippen LogP contribution in [0.2, 0.25) is 0 Å². The van der Waals surface area contributed by atoms with Gasteiger partial charge in [-0.25, -0.2) is 0 Å². The number of carbonyl (C=O) groups excluding carboxylic acids is 3. The monoisotopic (exact) mass is 385 g/mol. The first-order valence-electron chi connectivity index (χ1n) is 9.16. The van der Waals surface area contributed by atoms with Crippen molar-refractivity contribution in [2.24, 2.45) is 0 Å². The van der Waals surface area contributed by atoms with Crippen molar-refractivity contribution in [3.05, 3.63) is 57.3 Å². The Morgan fingerprint density at radius 3 is 2.74 bits per heavy atom. The Bertz CT molecular complexity index is 829. The summed E-state index contributed by atoms with van der Waals surface area (Å²) in [5, 5.41) is 4.72. The van der Waals surface area contributed by atoms with Crippen molar-refractivity contribution in [2.75, 3.05) is 6.61 Å². The zero-order valence-corrected chi connectivity index (χ0v) is 16.1. The molecule has 2 aromatic rings. The van der Waals surface area contributed by atoms with Crippen molar-refractivity contribution >= 4 is 29.0 Å². The molecule has 1 amide bonds. The van der Waals surface area contributed by atoms with Gasteiger partial charge in [0.1, 0.15) is 0 Å². The molecule has 1 atom stereocenters. The van der Waals surface area contributed by atoms with Gasteiger partial charge in [0.25, 0.3) is 5.91 Å². The van der Waals surface area contributed by atoms with Gasteiger partial charge in [0.05, 0.1) is 12.5 Å². The molecule has 1 aromatic heterocycles. The third-order valence-electron chi connectivity index (χ3n) is 4.69. The van der Waals surface area contributed by atoms with Crippen LogP contribution in [0.3, 0.4) is 0 Å². The molecule has 1 aliphatic rings. The third-order valence-corrected chi connectivity index (χ3v) is 5.74. The maximum atomic E-state index is 12.3. The standard InChI is InChI=1S/C21H23NO4S/c1-14(19-6-3-11-27-19)22-20(24)13-26-21(25)10-9-18(23)17-8-7-15-4-2-5-16(15)12-17/h3,6-8,11-12,14H,2,4-5,9-10,13H2,1H3,(H,22,24)/t14-/m1/s1. The number of fused-ring (bicyclic) bond motifs is 1. The summed E-state index contributed by atoms with van der Waals surface area (Å²) in [4.78, 5) is 37.0. The van der Waals surface area contributed by atoms with Gasteiger partial charge in [-0.2, -0.15) is 0 Å². The summed E-state index contributed by atoms with van der Waals surface area (Å²) in [7, 11) is 0. The van der Waals surface area contributed by atoms with Crippen LogP contribution < -0.4 is 5.32 Å². The van der Waals surface area contributed by atoms with E-state index >= 15 is 0 Å². The van der Waals surface area contributed by atoms with Gasteiger partial charge >= 0.3 is 5.97 Å². The minimum Gasteiger partial charge on any atom is -0.456 e. The Balaban J connectivity index is 1.39. The Morgan fingerprint density at radius 2 is 1.96 bits per heavy atom. The highest BCUT2D eigenvalue weighted by atomic mass is 32.1. The van der Waals surface area contributed by atoms with Crippen molar-refractivity contribution in [3.63, 3.8) is 0 Å². The van der Waals surface area contributed by atoms with Crippen LogP contribution in [0.1, 0.15) is 58.6 Å². The smallest absolute Gasteiger partial charge is 0.306 e. The van der Waals surface area contributed by atoms with Gasteiger partial charge in [-0.05, 0) is 54.8 Å². The fourth-order valence-electron chi connectivity index (χ4n) is 3.22. The van der Waals surface area contributed by atoms with Crippen LogP contribution in [-0.4, -0.2) is 24.3 Å². The lowest BCUT2D eigenvalue weighted by Gasteiger charge is -2.12. The second-order valence-electron chi connectivity index (χ2n) is 6.73. The molecule has 1 heterocycles. The van der Waals surface area contributed by atoms with Gasteiger partial charge in [0.15, 0.2) is 12.4 Å². The van der Waals surface area contributed by atoms with Crippen LogP contribution in [-0.2, 0) is 27.2 Å². The van der Waals surface area contributed by atoms with Crippen molar-refractivity contribution in [3.8, 4) is 0 Å². The largest absolute Gasteiger partial charge is 0.456 e. The Morgan fingerprint density at radius 1 is 1.15 bits per heavy atom. The molecule has 0 fully saturated rings. The summed E-state index contributed by atoms with van der Waals surface area (Å²) >= 11 is 1.55. The molecule has 0 saturated heterocycles. The van der Waals surface area contributed by atoms with Crippen LogP contribution in [0, 0.1) is 0 Å². The molecule has 1 aromatic carbocycles. The number of aryl methyl sites for hydroxylation is 2. The number of nitrogens with one attached hydrogen (secondary N) is 1. The number of esters is 1. The molecule has 27 heavy (non-hydrogen) atoms. The van der Waals surface area contributed by atoms with E-state index in [0.717, 1.165) is 24.1 Å². The number of ether oxygens (including phenoxy) is 1. The van der Waals surface area contributed by atoms with Gasteiger partial charge in [0, 0.05) is 16.9 Å². The van der Waals surface area contributed by atoms with Crippen molar-refractivity contribution in [2.45, 2.75) is 45.1 Å². The van der Waals surface area contributed by atoms with Gasteiger partial charge in [-0.1, -0.05) is 18.2 Å². The maximum Gasteiger partial charge on any atom is 0.306 e. The number of benzene rings is 1. The van der Waals surface area contributed by atoms with E-state index in [1.54, 1.807) is 11.3 Å². The maximum absolute atomic E-state index is 12.3. The molecule has 0 aliphatic heterocycles. The number of amides is 1. The predicted molar refractivity (Wildman–Crippen MR) is 104 cm³/mol. The highest BCUT2D eigenvalue weighted by molar-refractivity contribution is 7.10. The van der Waals surface area contributed by atoms with Crippen LogP contribution in [0.25, 0.3) is 0 Å². The number of ketones is 1. The molecule has 0 unspecified atom stereocenters. The van der Waals surface area contributed by atoms with Crippen LogP contribution in [0.15, 0.2) is 35.7 Å². The first kappa shape index (κ1) is 19.3. The van der Waals surface area contributed by atoms with Crippen LogP contribution >= 0.6 is 11.3 Å². The quantitative estimate of drug-likeness (QED) is 0.556. The molecular weight excluding hydrogens is 362 g/mol. The van der Waals surface area contributed by atoms with Crippen LogP contribution in [0.4, 0.5) is 0 Å². The second kappa shape index (κ2) is 8.95. The van der Waals surface area contributed by atoms with E-state index in [2.05, 4.69) is 5.32 Å². The molecular formula is C21H23NO4S. The topological polar surface area (TPSA) is 72.5 Å². The third kappa shape index (κ3) is 5.26. The van der Waals surface area contributed by atoms with Crippen molar-refractivity contribution in [1.29, 1.82) is 0 Å². The Hall–Kier alpha value is -2.47. The van der Waals surface area contributed by atoms with E-state index in [1.807, 2.05) is 42.6 Å². The molecule has 3 rings (SSSR count). The minimum atomic E-state index is -0.538. The molecule has 1 N–H and O–H groups in total. The molecule has 142 valence electrons. The zero-order valence-electron chi connectivity index (χ0n) is 15.3. The van der Waals surface area contributed by atoms with Crippen molar-refractivity contribution in [1.82, 2.24) is 5.32 Å². The molecule has 0 saturated carbocycles. The fraction of sp³-hybridized carbons (Fsp3) is 0.381. The number of rotatable bonds is 8. The lowest BCUT2D eigenvalue weighted by Crippen LogP contribution is -2.30. The molecule has 6 heteroatoms. The number of hydrogen-bond acceptors (Lipinski definition) is 5. The molecule has 0 spiro atoms. The average Bonchev–Trinajstić information content (AvgIpc) is 3.35. The van der Waals surface area contributed by atoms with E-state index in [9.17, 15) is 14.4 Å². The van der Waals surface area contributed by atoms with Gasteiger partial charge in [-0.15, -0.1) is 11.3 Å². The zero-order chi connectivity index (χ0) is 19.2. The van der Waals surface area contributed by atoms with Gasteiger partial charge in [0.2, 0.25) is 0 Å². The molecule has 0 radical (unpaired) electrons. The SMILES string of the molecule is C[C@@H](NC(=O)COC(=O)CCC(=O)c1ccc2c(c1)CCC2)c1cccs1. The second-order valence-corrected chi connectivity index (χ2v) is 7.70.